The molecule has 1 saturated heterocycles. The lowest BCUT2D eigenvalue weighted by Gasteiger charge is -2.36. The number of anilines is 2. The van der Waals surface area contributed by atoms with Crippen LogP contribution in [0.1, 0.15) is 12.0 Å². The molecule has 4 rings (SSSR count). The third kappa shape index (κ3) is 4.48. The van der Waals surface area contributed by atoms with E-state index in [0.29, 0.717) is 29.5 Å². The van der Waals surface area contributed by atoms with Gasteiger partial charge in [-0.15, -0.1) is 0 Å². The summed E-state index contributed by atoms with van der Waals surface area (Å²) in [4.78, 5) is 29.4. The van der Waals surface area contributed by atoms with Gasteiger partial charge in [0.1, 0.15) is 12.4 Å². The van der Waals surface area contributed by atoms with Crippen LogP contribution < -0.4 is 15.0 Å². The highest BCUT2D eigenvalue weighted by molar-refractivity contribution is 6.30. The fourth-order valence-electron chi connectivity index (χ4n) is 3.73. The summed E-state index contributed by atoms with van der Waals surface area (Å²) in [7, 11) is 0. The molecule has 0 bridgehead atoms. The monoisotopic (exact) mass is 413 g/mol. The highest BCUT2D eigenvalue weighted by atomic mass is 35.5. The average molecular weight is 414 g/mol. The van der Waals surface area contributed by atoms with Gasteiger partial charge in [-0.2, -0.15) is 0 Å². The number of hydrogen-bond acceptors (Lipinski definition) is 4. The molecule has 0 aromatic heterocycles. The van der Waals surface area contributed by atoms with Crippen LogP contribution in [0.5, 0.6) is 5.75 Å². The van der Waals surface area contributed by atoms with Gasteiger partial charge < -0.3 is 19.9 Å². The second kappa shape index (κ2) is 8.33. The Labute approximate surface area is 175 Å². The van der Waals surface area contributed by atoms with Crippen molar-refractivity contribution < 1.29 is 14.3 Å². The van der Waals surface area contributed by atoms with Crippen LogP contribution in [0.3, 0.4) is 0 Å². The van der Waals surface area contributed by atoms with Crippen LogP contribution in [-0.4, -0.2) is 49.5 Å². The SMILES string of the molecule is Cc1ccc2c(c1)OCC(CC(=O)N1CCN(c3cccc(Cl)c3)CC1)C(=O)N2. The van der Waals surface area contributed by atoms with Crippen molar-refractivity contribution in [3.8, 4) is 5.75 Å². The summed E-state index contributed by atoms with van der Waals surface area (Å²) >= 11 is 6.08. The highest BCUT2D eigenvalue weighted by Gasteiger charge is 2.30. The largest absolute Gasteiger partial charge is 0.491 e. The number of aryl methyl sites for hydroxylation is 1. The van der Waals surface area contributed by atoms with E-state index in [0.717, 1.165) is 24.3 Å². The van der Waals surface area contributed by atoms with Crippen molar-refractivity contribution in [1.82, 2.24) is 4.90 Å². The van der Waals surface area contributed by atoms with Gasteiger partial charge in [0.05, 0.1) is 11.6 Å². The quantitative estimate of drug-likeness (QED) is 0.838. The number of ether oxygens (including phenoxy) is 1. The Balaban J connectivity index is 1.34. The molecule has 2 aliphatic heterocycles. The molecule has 29 heavy (non-hydrogen) atoms. The number of halogens is 1. The van der Waals surface area contributed by atoms with Crippen LogP contribution in [0.4, 0.5) is 11.4 Å². The Kier molecular flexibility index (Phi) is 5.62. The van der Waals surface area contributed by atoms with Gasteiger partial charge >= 0.3 is 0 Å². The van der Waals surface area contributed by atoms with Crippen molar-refractivity contribution in [2.45, 2.75) is 13.3 Å². The van der Waals surface area contributed by atoms with Crippen molar-refractivity contribution in [2.24, 2.45) is 5.92 Å². The Morgan fingerprint density at radius 3 is 2.72 bits per heavy atom. The summed E-state index contributed by atoms with van der Waals surface area (Å²) in [5, 5.41) is 3.59. The lowest BCUT2D eigenvalue weighted by Crippen LogP contribution is -2.49. The first-order valence-electron chi connectivity index (χ1n) is 9.82. The molecule has 6 nitrogen and oxygen atoms in total. The normalized spacial score (nSPS) is 19.1. The molecule has 2 aromatic rings. The fourth-order valence-corrected chi connectivity index (χ4v) is 3.92. The molecule has 2 heterocycles. The van der Waals surface area contributed by atoms with E-state index in [1.165, 1.54) is 0 Å². The van der Waals surface area contributed by atoms with E-state index in [1.54, 1.807) is 0 Å². The molecule has 1 atom stereocenters. The zero-order valence-electron chi connectivity index (χ0n) is 16.4. The molecule has 1 unspecified atom stereocenters. The first-order chi connectivity index (χ1) is 14.0. The maximum atomic E-state index is 12.8. The molecular formula is C22H24ClN3O3. The third-order valence-electron chi connectivity index (χ3n) is 5.43. The first kappa shape index (κ1) is 19.6. The van der Waals surface area contributed by atoms with Crippen LogP contribution in [0.2, 0.25) is 5.02 Å². The minimum atomic E-state index is -0.499. The van der Waals surface area contributed by atoms with Gasteiger partial charge in [-0.05, 0) is 42.8 Å². The predicted molar refractivity (Wildman–Crippen MR) is 114 cm³/mol. The number of benzene rings is 2. The van der Waals surface area contributed by atoms with Gasteiger partial charge in [-0.25, -0.2) is 0 Å². The molecule has 0 radical (unpaired) electrons. The van der Waals surface area contributed by atoms with Crippen molar-refractivity contribution in [3.63, 3.8) is 0 Å². The number of amides is 2. The van der Waals surface area contributed by atoms with Crippen LogP contribution in [0, 0.1) is 12.8 Å². The van der Waals surface area contributed by atoms with Crippen LogP contribution in [0.25, 0.3) is 0 Å². The Hall–Kier alpha value is -2.73. The van der Waals surface area contributed by atoms with Gasteiger partial charge in [-0.1, -0.05) is 23.7 Å². The van der Waals surface area contributed by atoms with E-state index in [-0.39, 0.29) is 24.8 Å². The molecule has 152 valence electrons. The topological polar surface area (TPSA) is 61.9 Å². The van der Waals surface area contributed by atoms with Crippen LogP contribution in [-0.2, 0) is 9.59 Å². The first-order valence-corrected chi connectivity index (χ1v) is 10.2. The number of piperazine rings is 1. The maximum absolute atomic E-state index is 12.8. The second-order valence-electron chi connectivity index (χ2n) is 7.55. The smallest absolute Gasteiger partial charge is 0.231 e. The standard InChI is InChI=1S/C22H24ClN3O3/c1-15-5-6-19-20(11-15)29-14-16(22(28)24-19)12-21(27)26-9-7-25(8-10-26)18-4-2-3-17(23)13-18/h2-6,11,13,16H,7-10,12,14H2,1H3,(H,24,28). The van der Waals surface area contributed by atoms with Crippen molar-refractivity contribution >= 4 is 34.8 Å². The van der Waals surface area contributed by atoms with Gasteiger partial charge in [0.15, 0.2) is 0 Å². The van der Waals surface area contributed by atoms with Gasteiger partial charge in [0.25, 0.3) is 0 Å². The van der Waals surface area contributed by atoms with E-state index in [4.69, 9.17) is 16.3 Å². The minimum absolute atomic E-state index is 0.0124. The Bertz CT molecular complexity index is 925. The van der Waals surface area contributed by atoms with E-state index in [2.05, 4.69) is 10.2 Å². The molecule has 0 saturated carbocycles. The molecule has 2 aromatic carbocycles. The van der Waals surface area contributed by atoms with Crippen molar-refractivity contribution in [2.75, 3.05) is 43.0 Å². The number of nitrogens with one attached hydrogen (secondary N) is 1. The van der Waals surface area contributed by atoms with E-state index < -0.39 is 5.92 Å². The number of carbonyl (C=O) groups excluding carboxylic acids is 2. The molecular weight excluding hydrogens is 390 g/mol. The number of nitrogens with zero attached hydrogens (tertiary/aromatic N) is 2. The molecule has 0 spiro atoms. The Morgan fingerprint density at radius 2 is 1.97 bits per heavy atom. The third-order valence-corrected chi connectivity index (χ3v) is 5.67. The van der Waals surface area contributed by atoms with Crippen molar-refractivity contribution in [1.29, 1.82) is 0 Å². The van der Waals surface area contributed by atoms with Crippen molar-refractivity contribution in [3.05, 3.63) is 53.1 Å². The van der Waals surface area contributed by atoms with Gasteiger partial charge in [0.2, 0.25) is 11.8 Å². The molecule has 2 aliphatic rings. The second-order valence-corrected chi connectivity index (χ2v) is 7.99. The van der Waals surface area contributed by atoms with Crippen LogP contribution in [0.15, 0.2) is 42.5 Å². The zero-order valence-corrected chi connectivity index (χ0v) is 17.1. The van der Waals surface area contributed by atoms with Crippen LogP contribution >= 0.6 is 11.6 Å². The van der Waals surface area contributed by atoms with E-state index >= 15 is 0 Å². The molecule has 1 N–H and O–H groups in total. The molecule has 7 heteroatoms. The average Bonchev–Trinajstić information content (AvgIpc) is 2.87. The molecule has 2 amide bonds. The zero-order chi connectivity index (χ0) is 20.4. The number of carbonyl (C=O) groups is 2. The predicted octanol–water partition coefficient (Wildman–Crippen LogP) is 3.33. The van der Waals surface area contributed by atoms with E-state index in [9.17, 15) is 9.59 Å². The summed E-state index contributed by atoms with van der Waals surface area (Å²) in [6.45, 7) is 4.91. The number of rotatable bonds is 3. The summed E-state index contributed by atoms with van der Waals surface area (Å²) in [6.07, 6.45) is 0.149. The summed E-state index contributed by atoms with van der Waals surface area (Å²) in [5.41, 5.74) is 2.78. The summed E-state index contributed by atoms with van der Waals surface area (Å²) in [6, 6.07) is 13.4. The molecule has 0 aliphatic carbocycles. The lowest BCUT2D eigenvalue weighted by atomic mass is 10.0. The fraction of sp³-hybridized carbons (Fsp3) is 0.364. The molecule has 1 fully saturated rings. The maximum Gasteiger partial charge on any atom is 0.231 e. The van der Waals surface area contributed by atoms with Gasteiger partial charge in [-0.3, -0.25) is 9.59 Å². The summed E-state index contributed by atoms with van der Waals surface area (Å²) < 4.78 is 5.81. The van der Waals surface area contributed by atoms with E-state index in [1.807, 2.05) is 54.3 Å². The Morgan fingerprint density at radius 1 is 1.17 bits per heavy atom. The number of hydrogen-bond donors (Lipinski definition) is 1. The lowest BCUT2D eigenvalue weighted by molar-refractivity contribution is -0.135. The van der Waals surface area contributed by atoms with Gasteiger partial charge in [0, 0.05) is 43.3 Å². The highest BCUT2D eigenvalue weighted by Crippen LogP contribution is 2.30. The number of fused-ring (bicyclic) bond motifs is 1. The minimum Gasteiger partial charge on any atom is -0.491 e. The summed E-state index contributed by atoms with van der Waals surface area (Å²) in [5.74, 6) is -0.0234.